The van der Waals surface area contributed by atoms with Crippen molar-refractivity contribution in [2.24, 2.45) is 0 Å². The van der Waals surface area contributed by atoms with E-state index in [9.17, 15) is 9.90 Å². The average Bonchev–Trinajstić information content (AvgIpc) is 2.54. The number of pyridine rings is 1. The van der Waals surface area contributed by atoms with E-state index in [0.29, 0.717) is 35.1 Å². The molecule has 1 heterocycles. The molecule has 1 amide bonds. The summed E-state index contributed by atoms with van der Waals surface area (Å²) in [5.41, 5.74) is 3.20. The Bertz CT molecular complexity index is 756. The van der Waals surface area contributed by atoms with Crippen LogP contribution in [-0.4, -0.2) is 16.0 Å². The highest BCUT2D eigenvalue weighted by molar-refractivity contribution is 6.35. The van der Waals surface area contributed by atoms with Gasteiger partial charge in [-0.1, -0.05) is 29.3 Å². The number of rotatable bonds is 3. The van der Waals surface area contributed by atoms with Crippen LogP contribution in [0.5, 0.6) is 0 Å². The van der Waals surface area contributed by atoms with E-state index in [2.05, 4.69) is 10.3 Å². The number of aromatic nitrogens is 1. The predicted octanol–water partition coefficient (Wildman–Crippen LogP) is 3.92. The lowest BCUT2D eigenvalue weighted by Gasteiger charge is -2.27. The van der Waals surface area contributed by atoms with E-state index in [1.165, 1.54) is 0 Å². The fourth-order valence-electron chi connectivity index (χ4n) is 3.15. The average molecular weight is 365 g/mol. The maximum absolute atomic E-state index is 12.6. The minimum atomic E-state index is -0.599. The van der Waals surface area contributed by atoms with Crippen molar-refractivity contribution in [2.75, 3.05) is 0 Å². The molecule has 2 N–H and O–H groups in total. The summed E-state index contributed by atoms with van der Waals surface area (Å²) in [5, 5.41) is 14.1. The van der Waals surface area contributed by atoms with Crippen molar-refractivity contribution in [3.05, 3.63) is 62.9 Å². The van der Waals surface area contributed by atoms with E-state index in [-0.39, 0.29) is 11.8 Å². The summed E-state index contributed by atoms with van der Waals surface area (Å²) in [6.45, 7) is 2.25. The second kappa shape index (κ2) is 7.09. The molecule has 126 valence electrons. The van der Waals surface area contributed by atoms with Gasteiger partial charge in [0.15, 0.2) is 0 Å². The summed E-state index contributed by atoms with van der Waals surface area (Å²) in [6, 6.07) is 7.14. The first-order valence-electron chi connectivity index (χ1n) is 7.82. The number of nitrogens with one attached hydrogen (secondary N) is 1. The van der Waals surface area contributed by atoms with Crippen LogP contribution in [0.4, 0.5) is 0 Å². The molecule has 2 aromatic rings. The van der Waals surface area contributed by atoms with Crippen molar-refractivity contribution in [1.82, 2.24) is 10.3 Å². The van der Waals surface area contributed by atoms with Gasteiger partial charge >= 0.3 is 0 Å². The first-order valence-corrected chi connectivity index (χ1v) is 8.58. The molecule has 0 aliphatic heterocycles. The third-order valence-corrected chi connectivity index (χ3v) is 4.99. The van der Waals surface area contributed by atoms with Crippen molar-refractivity contribution in [1.29, 1.82) is 0 Å². The monoisotopic (exact) mass is 364 g/mol. The van der Waals surface area contributed by atoms with Crippen LogP contribution in [-0.2, 0) is 11.3 Å². The Kier molecular flexibility index (Phi) is 5.09. The molecular weight excluding hydrogens is 347 g/mol. The minimum Gasteiger partial charge on any atom is -0.387 e. The Hall–Kier alpha value is -1.62. The highest BCUT2D eigenvalue weighted by Gasteiger charge is 2.31. The number of carbonyl (C=O) groups is 1. The predicted molar refractivity (Wildman–Crippen MR) is 94.2 cm³/mol. The van der Waals surface area contributed by atoms with Crippen LogP contribution >= 0.6 is 23.2 Å². The van der Waals surface area contributed by atoms with Gasteiger partial charge in [-0.3, -0.25) is 9.78 Å². The summed E-state index contributed by atoms with van der Waals surface area (Å²) < 4.78 is 0. The zero-order valence-electron chi connectivity index (χ0n) is 13.2. The molecule has 0 spiro atoms. The van der Waals surface area contributed by atoms with Crippen molar-refractivity contribution in [2.45, 2.75) is 38.3 Å². The Labute approximate surface area is 150 Å². The third kappa shape index (κ3) is 3.41. The number of amides is 1. The van der Waals surface area contributed by atoms with Crippen molar-refractivity contribution < 1.29 is 9.90 Å². The molecule has 3 rings (SSSR count). The lowest BCUT2D eigenvalue weighted by molar-refractivity contribution is -0.123. The molecule has 24 heavy (non-hydrogen) atoms. The molecule has 0 saturated heterocycles. The smallest absolute Gasteiger partial charge is 0.227 e. The topological polar surface area (TPSA) is 62.2 Å². The number of carbonyl (C=O) groups excluding carboxylic acids is 1. The van der Waals surface area contributed by atoms with Gasteiger partial charge in [-0.15, -0.1) is 0 Å². The molecular formula is C18H18Cl2N2O2. The van der Waals surface area contributed by atoms with Gasteiger partial charge in [0.05, 0.1) is 17.7 Å². The summed E-state index contributed by atoms with van der Waals surface area (Å²) in [7, 11) is 0. The lowest BCUT2D eigenvalue weighted by atomic mass is 9.83. The number of halogens is 2. The summed E-state index contributed by atoms with van der Waals surface area (Å²) in [5.74, 6) is -0.384. The molecule has 1 aromatic carbocycles. The fraction of sp³-hybridized carbons (Fsp3) is 0.333. The minimum absolute atomic E-state index is 0.0819. The number of benzene rings is 1. The molecule has 0 unspecified atom stereocenters. The number of aliphatic hydroxyl groups is 1. The number of aryl methyl sites for hydroxylation is 1. The second-order valence-corrected chi connectivity index (χ2v) is 6.87. The van der Waals surface area contributed by atoms with E-state index in [4.69, 9.17) is 23.2 Å². The molecule has 1 aliphatic rings. The van der Waals surface area contributed by atoms with Gasteiger partial charge in [0.1, 0.15) is 0 Å². The number of hydrogen-bond donors (Lipinski definition) is 2. The van der Waals surface area contributed by atoms with E-state index in [0.717, 1.165) is 16.7 Å². The molecule has 4 nitrogen and oxygen atoms in total. The van der Waals surface area contributed by atoms with Crippen LogP contribution in [0.15, 0.2) is 30.5 Å². The maximum atomic E-state index is 12.6. The molecule has 0 radical (unpaired) electrons. The van der Waals surface area contributed by atoms with E-state index in [1.807, 2.05) is 19.1 Å². The highest BCUT2D eigenvalue weighted by Crippen LogP contribution is 2.36. The second-order valence-electron chi connectivity index (χ2n) is 6.02. The van der Waals surface area contributed by atoms with Crippen LogP contribution in [0, 0.1) is 6.92 Å². The Balaban J connectivity index is 1.76. The van der Waals surface area contributed by atoms with Gasteiger partial charge in [-0.25, -0.2) is 0 Å². The van der Waals surface area contributed by atoms with Crippen LogP contribution in [0.3, 0.4) is 0 Å². The number of hydrogen-bond acceptors (Lipinski definition) is 3. The van der Waals surface area contributed by atoms with Crippen LogP contribution in [0.25, 0.3) is 0 Å². The van der Waals surface area contributed by atoms with Gasteiger partial charge in [-0.05, 0) is 54.7 Å². The zero-order chi connectivity index (χ0) is 17.3. The quantitative estimate of drug-likeness (QED) is 0.867. The molecule has 0 bridgehead atoms. The largest absolute Gasteiger partial charge is 0.387 e. The molecule has 1 aliphatic carbocycles. The van der Waals surface area contributed by atoms with Gasteiger partial charge in [-0.2, -0.15) is 0 Å². The SMILES string of the molecule is Cc1cc(Cl)cc(Cl)c1CNC(=O)[C@@H]1CC[C@@H](O)c2ncccc21. The summed E-state index contributed by atoms with van der Waals surface area (Å²) in [4.78, 5) is 16.9. The molecule has 0 fully saturated rings. The van der Waals surface area contributed by atoms with Crippen molar-refractivity contribution in [3.63, 3.8) is 0 Å². The Morgan fingerprint density at radius 3 is 2.92 bits per heavy atom. The first kappa shape index (κ1) is 17.2. The lowest BCUT2D eigenvalue weighted by Crippen LogP contribution is -2.32. The van der Waals surface area contributed by atoms with Gasteiger partial charge in [0, 0.05) is 22.8 Å². The number of fused-ring (bicyclic) bond motifs is 1. The van der Waals surface area contributed by atoms with Crippen LogP contribution < -0.4 is 5.32 Å². The van der Waals surface area contributed by atoms with Crippen molar-refractivity contribution >= 4 is 29.1 Å². The Morgan fingerprint density at radius 2 is 2.17 bits per heavy atom. The van der Waals surface area contributed by atoms with Gasteiger partial charge < -0.3 is 10.4 Å². The standard InChI is InChI=1S/C18H18Cl2N2O2/c1-10-7-11(19)8-15(20)14(10)9-22-18(24)13-4-5-16(23)17-12(13)3-2-6-21-17/h2-3,6-8,13,16,23H,4-5,9H2,1H3,(H,22,24)/t13-,16-/m1/s1. The van der Waals surface area contributed by atoms with Crippen LogP contribution in [0.1, 0.15) is 47.2 Å². The molecule has 6 heteroatoms. The normalized spacial score (nSPS) is 19.7. The molecule has 1 aromatic heterocycles. The zero-order valence-corrected chi connectivity index (χ0v) is 14.7. The number of aliphatic hydroxyl groups excluding tert-OH is 1. The molecule has 0 saturated carbocycles. The van der Waals surface area contributed by atoms with E-state index >= 15 is 0 Å². The van der Waals surface area contributed by atoms with Crippen LogP contribution in [0.2, 0.25) is 10.0 Å². The Morgan fingerprint density at radius 1 is 1.38 bits per heavy atom. The van der Waals surface area contributed by atoms with E-state index < -0.39 is 6.10 Å². The van der Waals surface area contributed by atoms with Crippen molar-refractivity contribution in [3.8, 4) is 0 Å². The fourth-order valence-corrected chi connectivity index (χ4v) is 3.81. The first-order chi connectivity index (χ1) is 11.5. The van der Waals surface area contributed by atoms with E-state index in [1.54, 1.807) is 18.3 Å². The summed E-state index contributed by atoms with van der Waals surface area (Å²) >= 11 is 12.2. The van der Waals surface area contributed by atoms with Gasteiger partial charge in [0.2, 0.25) is 5.91 Å². The summed E-state index contributed by atoms with van der Waals surface area (Å²) in [6.07, 6.45) is 2.17. The van der Waals surface area contributed by atoms with Gasteiger partial charge in [0.25, 0.3) is 0 Å². The maximum Gasteiger partial charge on any atom is 0.227 e. The molecule has 2 atom stereocenters. The highest BCUT2D eigenvalue weighted by atomic mass is 35.5. The third-order valence-electron chi connectivity index (χ3n) is 4.43. The number of nitrogens with zero attached hydrogens (tertiary/aromatic N) is 1.